The first-order valence-corrected chi connectivity index (χ1v) is 6.76. The van der Waals surface area contributed by atoms with Crippen LogP contribution in [0.2, 0.25) is 0 Å². The minimum atomic E-state index is -0.194. The smallest absolute Gasteiger partial charge is 0.310 e. The van der Waals surface area contributed by atoms with E-state index >= 15 is 0 Å². The summed E-state index contributed by atoms with van der Waals surface area (Å²) in [5.41, 5.74) is 2.02. The minimum absolute atomic E-state index is 0.194. The van der Waals surface area contributed by atoms with Crippen molar-refractivity contribution in [3.8, 4) is 0 Å². The van der Waals surface area contributed by atoms with Gasteiger partial charge in [0.05, 0.1) is 6.42 Å². The van der Waals surface area contributed by atoms with Gasteiger partial charge in [0.25, 0.3) is 0 Å². The number of carbonyl (C=O) groups is 1. The standard InChI is InChI=1S/C15H13IO2/c16-14-9-5-4-8-13(14)11-18-15(17)10-12-6-2-1-3-7-12/h1-9H,10-11H2. The molecule has 0 atom stereocenters. The van der Waals surface area contributed by atoms with Crippen LogP contribution in [-0.4, -0.2) is 5.97 Å². The highest BCUT2D eigenvalue weighted by atomic mass is 127. The largest absolute Gasteiger partial charge is 0.461 e. The van der Waals surface area contributed by atoms with Crippen LogP contribution in [0, 0.1) is 3.57 Å². The van der Waals surface area contributed by atoms with Gasteiger partial charge < -0.3 is 4.74 Å². The van der Waals surface area contributed by atoms with Gasteiger partial charge in [-0.15, -0.1) is 0 Å². The van der Waals surface area contributed by atoms with Gasteiger partial charge in [-0.3, -0.25) is 4.79 Å². The molecule has 0 heterocycles. The highest BCUT2D eigenvalue weighted by Gasteiger charge is 2.06. The molecule has 2 aromatic rings. The van der Waals surface area contributed by atoms with E-state index in [-0.39, 0.29) is 5.97 Å². The predicted molar refractivity (Wildman–Crippen MR) is 79.1 cm³/mol. The number of hydrogen-bond donors (Lipinski definition) is 0. The van der Waals surface area contributed by atoms with Crippen molar-refractivity contribution >= 4 is 28.6 Å². The summed E-state index contributed by atoms with van der Waals surface area (Å²) < 4.78 is 6.38. The van der Waals surface area contributed by atoms with E-state index in [0.717, 1.165) is 14.7 Å². The number of carbonyl (C=O) groups excluding carboxylic acids is 1. The van der Waals surface area contributed by atoms with Gasteiger partial charge in [-0.25, -0.2) is 0 Å². The molecule has 0 bridgehead atoms. The Bertz CT molecular complexity index is 523. The van der Waals surface area contributed by atoms with Crippen LogP contribution in [0.25, 0.3) is 0 Å². The molecule has 0 unspecified atom stereocenters. The van der Waals surface area contributed by atoms with E-state index in [1.807, 2.05) is 54.6 Å². The lowest BCUT2D eigenvalue weighted by molar-refractivity contribution is -0.144. The number of ether oxygens (including phenoxy) is 1. The lowest BCUT2D eigenvalue weighted by Gasteiger charge is -2.06. The van der Waals surface area contributed by atoms with Crippen LogP contribution in [0.15, 0.2) is 54.6 Å². The van der Waals surface area contributed by atoms with Crippen LogP contribution in [0.4, 0.5) is 0 Å². The van der Waals surface area contributed by atoms with Crippen molar-refractivity contribution < 1.29 is 9.53 Å². The molecule has 0 spiro atoms. The molecule has 0 aliphatic rings. The molecule has 0 aromatic heterocycles. The first kappa shape index (κ1) is 13.1. The van der Waals surface area contributed by atoms with Crippen molar-refractivity contribution in [3.63, 3.8) is 0 Å². The van der Waals surface area contributed by atoms with Gasteiger partial charge in [0.1, 0.15) is 6.61 Å². The normalized spacial score (nSPS) is 10.1. The van der Waals surface area contributed by atoms with Crippen LogP contribution in [0.3, 0.4) is 0 Å². The highest BCUT2D eigenvalue weighted by molar-refractivity contribution is 14.1. The van der Waals surface area contributed by atoms with E-state index in [2.05, 4.69) is 22.6 Å². The summed E-state index contributed by atoms with van der Waals surface area (Å²) in [4.78, 5) is 11.7. The van der Waals surface area contributed by atoms with Crippen LogP contribution in [-0.2, 0) is 22.6 Å². The van der Waals surface area contributed by atoms with Crippen LogP contribution < -0.4 is 0 Å². The molecule has 2 rings (SSSR count). The second kappa shape index (κ2) is 6.54. The Labute approximate surface area is 120 Å². The first-order chi connectivity index (χ1) is 8.75. The van der Waals surface area contributed by atoms with Crippen molar-refractivity contribution in [2.45, 2.75) is 13.0 Å². The van der Waals surface area contributed by atoms with Gasteiger partial charge in [-0.2, -0.15) is 0 Å². The maximum atomic E-state index is 11.7. The van der Waals surface area contributed by atoms with Gasteiger partial charge in [-0.05, 0) is 34.2 Å². The monoisotopic (exact) mass is 352 g/mol. The second-order valence-corrected chi connectivity index (χ2v) is 5.08. The average Bonchev–Trinajstić information content (AvgIpc) is 2.39. The summed E-state index contributed by atoms with van der Waals surface area (Å²) in [5, 5.41) is 0. The molecule has 0 aliphatic heterocycles. The van der Waals surface area contributed by atoms with Crippen LogP contribution in [0.5, 0.6) is 0 Å². The molecule has 0 N–H and O–H groups in total. The van der Waals surface area contributed by atoms with E-state index in [0.29, 0.717) is 13.0 Å². The van der Waals surface area contributed by atoms with Gasteiger partial charge in [0, 0.05) is 9.13 Å². The Morgan fingerprint density at radius 2 is 1.67 bits per heavy atom. The number of esters is 1. The summed E-state index contributed by atoms with van der Waals surface area (Å²) in [5.74, 6) is -0.194. The molecule has 2 aromatic carbocycles. The number of benzene rings is 2. The van der Waals surface area contributed by atoms with Crippen LogP contribution >= 0.6 is 22.6 Å². The van der Waals surface area contributed by atoms with Gasteiger partial charge in [0.2, 0.25) is 0 Å². The number of halogens is 1. The van der Waals surface area contributed by atoms with Gasteiger partial charge >= 0.3 is 5.97 Å². The molecule has 2 nitrogen and oxygen atoms in total. The Hall–Kier alpha value is -1.36. The second-order valence-electron chi connectivity index (χ2n) is 3.91. The summed E-state index contributed by atoms with van der Waals surface area (Å²) in [6, 6.07) is 17.5. The fourth-order valence-corrected chi connectivity index (χ4v) is 2.13. The van der Waals surface area contributed by atoms with Crippen molar-refractivity contribution in [2.75, 3.05) is 0 Å². The molecular formula is C15H13IO2. The van der Waals surface area contributed by atoms with E-state index in [1.54, 1.807) is 0 Å². The number of hydrogen-bond acceptors (Lipinski definition) is 2. The van der Waals surface area contributed by atoms with Crippen molar-refractivity contribution in [2.24, 2.45) is 0 Å². The Kier molecular flexibility index (Phi) is 4.75. The van der Waals surface area contributed by atoms with E-state index in [9.17, 15) is 4.79 Å². The lowest BCUT2D eigenvalue weighted by Crippen LogP contribution is -2.08. The summed E-state index contributed by atoms with van der Waals surface area (Å²) in [7, 11) is 0. The summed E-state index contributed by atoms with van der Waals surface area (Å²) >= 11 is 2.24. The molecule has 18 heavy (non-hydrogen) atoms. The fourth-order valence-electron chi connectivity index (χ4n) is 1.59. The molecule has 0 saturated carbocycles. The highest BCUT2D eigenvalue weighted by Crippen LogP contribution is 2.12. The Balaban J connectivity index is 1.88. The molecule has 0 amide bonds. The van der Waals surface area contributed by atoms with Crippen molar-refractivity contribution in [3.05, 3.63) is 69.3 Å². The third kappa shape index (κ3) is 3.84. The average molecular weight is 352 g/mol. The fraction of sp³-hybridized carbons (Fsp3) is 0.133. The van der Waals surface area contributed by atoms with Gasteiger partial charge in [-0.1, -0.05) is 48.5 Å². The number of rotatable bonds is 4. The van der Waals surface area contributed by atoms with E-state index < -0.39 is 0 Å². The molecule has 0 radical (unpaired) electrons. The SMILES string of the molecule is O=C(Cc1ccccc1)OCc1ccccc1I. The van der Waals surface area contributed by atoms with E-state index in [1.165, 1.54) is 0 Å². The Morgan fingerprint density at radius 3 is 2.39 bits per heavy atom. The minimum Gasteiger partial charge on any atom is -0.461 e. The molecule has 0 fully saturated rings. The van der Waals surface area contributed by atoms with E-state index in [4.69, 9.17) is 4.74 Å². The third-order valence-electron chi connectivity index (χ3n) is 2.54. The maximum Gasteiger partial charge on any atom is 0.310 e. The molecular weight excluding hydrogens is 339 g/mol. The van der Waals surface area contributed by atoms with Crippen LogP contribution in [0.1, 0.15) is 11.1 Å². The quantitative estimate of drug-likeness (QED) is 0.621. The Morgan fingerprint density at radius 1 is 1.00 bits per heavy atom. The zero-order chi connectivity index (χ0) is 12.8. The van der Waals surface area contributed by atoms with Crippen molar-refractivity contribution in [1.82, 2.24) is 0 Å². The third-order valence-corrected chi connectivity index (χ3v) is 3.59. The zero-order valence-corrected chi connectivity index (χ0v) is 12.0. The zero-order valence-electron chi connectivity index (χ0n) is 9.80. The molecule has 3 heteroatoms. The topological polar surface area (TPSA) is 26.3 Å². The lowest BCUT2D eigenvalue weighted by atomic mass is 10.1. The summed E-state index contributed by atoms with van der Waals surface area (Å²) in [6.07, 6.45) is 0.324. The van der Waals surface area contributed by atoms with Gasteiger partial charge in [0.15, 0.2) is 0 Å². The predicted octanol–water partition coefficient (Wildman–Crippen LogP) is 3.58. The molecule has 0 aliphatic carbocycles. The molecule has 0 saturated heterocycles. The summed E-state index contributed by atoms with van der Waals surface area (Å²) in [6.45, 7) is 0.338. The van der Waals surface area contributed by atoms with Crippen molar-refractivity contribution in [1.29, 1.82) is 0 Å². The first-order valence-electron chi connectivity index (χ1n) is 5.68. The maximum absolute atomic E-state index is 11.7. The molecule has 92 valence electrons.